The summed E-state index contributed by atoms with van der Waals surface area (Å²) in [5.41, 5.74) is 5.79. The molecule has 1 N–H and O–H groups in total. The number of anilines is 2. The van der Waals surface area contributed by atoms with Gasteiger partial charge in [-0.25, -0.2) is 9.78 Å². The number of aromatic carboxylic acids is 1. The lowest BCUT2D eigenvalue weighted by atomic mass is 9.63. The van der Waals surface area contributed by atoms with Crippen LogP contribution < -0.4 is 4.90 Å². The van der Waals surface area contributed by atoms with Crippen LogP contribution in [-0.2, 0) is 10.8 Å². The Kier molecular flexibility index (Phi) is 4.79. The quantitative estimate of drug-likeness (QED) is 0.766. The molecule has 27 heavy (non-hydrogen) atoms. The maximum absolute atomic E-state index is 11.1. The molecule has 0 saturated heterocycles. The largest absolute Gasteiger partial charge is 0.478 e. The minimum atomic E-state index is -0.953. The number of rotatable bonds is 4. The summed E-state index contributed by atoms with van der Waals surface area (Å²) in [7, 11) is 0. The summed E-state index contributed by atoms with van der Waals surface area (Å²) in [4.78, 5) is 17.7. The van der Waals surface area contributed by atoms with Gasteiger partial charge in [-0.05, 0) is 72.4 Å². The Balaban J connectivity index is 2.11. The van der Waals surface area contributed by atoms with Crippen molar-refractivity contribution >= 4 is 17.5 Å². The third-order valence-corrected chi connectivity index (χ3v) is 6.05. The Morgan fingerprint density at radius 3 is 2.19 bits per heavy atom. The summed E-state index contributed by atoms with van der Waals surface area (Å²) in [6.45, 7) is 14.4. The fourth-order valence-electron chi connectivity index (χ4n) is 4.13. The standard InChI is InChI=1S/C23H30N2O2/c1-7-25(20-9-8-16(14-24-20)21(26)27)19-13-18-17(12-15(19)2)22(3,4)10-11-23(18,5)6/h8-9,12-14H,7,10-11H2,1-6H3,(H,26,27). The zero-order chi connectivity index (χ0) is 20.0. The lowest BCUT2D eigenvalue weighted by Crippen LogP contribution is -2.34. The van der Waals surface area contributed by atoms with Crippen LogP contribution >= 0.6 is 0 Å². The second-order valence-corrected chi connectivity index (χ2v) is 8.91. The van der Waals surface area contributed by atoms with E-state index in [0.29, 0.717) is 0 Å². The molecule has 2 aromatic rings. The first-order valence-corrected chi connectivity index (χ1v) is 9.69. The van der Waals surface area contributed by atoms with Gasteiger partial charge >= 0.3 is 5.97 Å². The number of carboxylic acids is 1. The van der Waals surface area contributed by atoms with Gasteiger partial charge in [-0.2, -0.15) is 0 Å². The van der Waals surface area contributed by atoms with E-state index in [4.69, 9.17) is 5.11 Å². The van der Waals surface area contributed by atoms with E-state index >= 15 is 0 Å². The number of carboxylic acid groups (broad SMARTS) is 1. The number of carbonyl (C=O) groups is 1. The summed E-state index contributed by atoms with van der Waals surface area (Å²) in [5, 5.41) is 9.12. The van der Waals surface area contributed by atoms with E-state index in [1.54, 1.807) is 12.1 Å². The molecule has 4 heteroatoms. The van der Waals surface area contributed by atoms with Crippen LogP contribution in [0.25, 0.3) is 0 Å². The maximum atomic E-state index is 11.1. The van der Waals surface area contributed by atoms with Crippen LogP contribution in [0.1, 0.15) is 74.5 Å². The van der Waals surface area contributed by atoms with E-state index in [0.717, 1.165) is 18.1 Å². The van der Waals surface area contributed by atoms with Crippen molar-refractivity contribution in [2.75, 3.05) is 11.4 Å². The third-order valence-electron chi connectivity index (χ3n) is 6.05. The molecule has 0 fully saturated rings. The average molecular weight is 367 g/mol. The molecule has 0 saturated carbocycles. The molecule has 0 bridgehead atoms. The molecule has 1 heterocycles. The van der Waals surface area contributed by atoms with Gasteiger partial charge in [0.05, 0.1) is 5.56 Å². The predicted octanol–water partition coefficient (Wildman–Crippen LogP) is 5.60. The molecule has 1 aromatic heterocycles. The smallest absolute Gasteiger partial charge is 0.337 e. The number of hydrogen-bond donors (Lipinski definition) is 1. The number of nitrogens with zero attached hydrogens (tertiary/aromatic N) is 2. The van der Waals surface area contributed by atoms with Gasteiger partial charge in [0, 0.05) is 18.4 Å². The molecule has 0 unspecified atom stereocenters. The minimum absolute atomic E-state index is 0.146. The zero-order valence-electron chi connectivity index (χ0n) is 17.3. The first-order chi connectivity index (χ1) is 12.6. The number of fused-ring (bicyclic) bond motifs is 1. The molecular formula is C23H30N2O2. The topological polar surface area (TPSA) is 53.4 Å². The first-order valence-electron chi connectivity index (χ1n) is 9.69. The normalized spacial score (nSPS) is 17.3. The van der Waals surface area contributed by atoms with Gasteiger partial charge < -0.3 is 10.0 Å². The Morgan fingerprint density at radius 1 is 1.11 bits per heavy atom. The van der Waals surface area contributed by atoms with E-state index in [9.17, 15) is 4.79 Å². The van der Waals surface area contributed by atoms with Crippen LogP contribution in [0.2, 0.25) is 0 Å². The van der Waals surface area contributed by atoms with Crippen LogP contribution in [-0.4, -0.2) is 22.6 Å². The summed E-state index contributed by atoms with van der Waals surface area (Å²) in [5.74, 6) is -0.176. The molecular weight excluding hydrogens is 336 g/mol. The van der Waals surface area contributed by atoms with Crippen molar-refractivity contribution in [3.63, 3.8) is 0 Å². The van der Waals surface area contributed by atoms with Gasteiger partial charge in [0.1, 0.15) is 5.82 Å². The number of pyridine rings is 1. The third kappa shape index (κ3) is 3.45. The Hall–Kier alpha value is -2.36. The molecule has 3 rings (SSSR count). The molecule has 1 aliphatic carbocycles. The van der Waals surface area contributed by atoms with Gasteiger partial charge in [-0.15, -0.1) is 0 Å². The Labute approximate surface area is 162 Å². The molecule has 0 radical (unpaired) electrons. The lowest BCUT2D eigenvalue weighted by Gasteiger charge is -2.43. The van der Waals surface area contributed by atoms with Gasteiger partial charge in [0.25, 0.3) is 0 Å². The van der Waals surface area contributed by atoms with Crippen LogP contribution in [0, 0.1) is 6.92 Å². The maximum Gasteiger partial charge on any atom is 0.337 e. The van der Waals surface area contributed by atoms with Crippen molar-refractivity contribution in [3.05, 3.63) is 52.7 Å². The van der Waals surface area contributed by atoms with Crippen LogP contribution in [0.4, 0.5) is 11.5 Å². The van der Waals surface area contributed by atoms with Crippen molar-refractivity contribution in [1.82, 2.24) is 4.98 Å². The highest BCUT2D eigenvalue weighted by Crippen LogP contribution is 2.48. The highest BCUT2D eigenvalue weighted by molar-refractivity contribution is 5.87. The minimum Gasteiger partial charge on any atom is -0.478 e. The Morgan fingerprint density at radius 2 is 1.70 bits per heavy atom. The molecule has 4 nitrogen and oxygen atoms in total. The fraction of sp³-hybridized carbons (Fsp3) is 0.478. The average Bonchev–Trinajstić information content (AvgIpc) is 2.61. The van der Waals surface area contributed by atoms with Gasteiger partial charge in [0.2, 0.25) is 0 Å². The zero-order valence-corrected chi connectivity index (χ0v) is 17.3. The van der Waals surface area contributed by atoms with Crippen LogP contribution in [0.5, 0.6) is 0 Å². The molecule has 0 aliphatic heterocycles. The molecule has 1 aliphatic rings. The van der Waals surface area contributed by atoms with Crippen molar-refractivity contribution < 1.29 is 9.90 Å². The SMILES string of the molecule is CCN(c1ccc(C(=O)O)cn1)c1cc2c(cc1C)C(C)(C)CCC2(C)C. The highest BCUT2D eigenvalue weighted by atomic mass is 16.4. The molecule has 0 amide bonds. The number of benzene rings is 1. The van der Waals surface area contributed by atoms with Gasteiger partial charge in [-0.1, -0.05) is 33.8 Å². The van der Waals surface area contributed by atoms with Crippen molar-refractivity contribution in [2.24, 2.45) is 0 Å². The summed E-state index contributed by atoms with van der Waals surface area (Å²) < 4.78 is 0. The fourth-order valence-corrected chi connectivity index (χ4v) is 4.13. The number of aryl methyl sites for hydroxylation is 1. The summed E-state index contributed by atoms with van der Waals surface area (Å²) >= 11 is 0. The number of hydrogen-bond acceptors (Lipinski definition) is 3. The summed E-state index contributed by atoms with van der Waals surface area (Å²) in [6.07, 6.45) is 3.80. The van der Waals surface area contributed by atoms with Crippen molar-refractivity contribution in [3.8, 4) is 0 Å². The first kappa shape index (κ1) is 19.4. The predicted molar refractivity (Wildman–Crippen MR) is 110 cm³/mol. The van der Waals surface area contributed by atoms with Crippen LogP contribution in [0.3, 0.4) is 0 Å². The second kappa shape index (κ2) is 6.66. The molecule has 0 spiro atoms. The number of aromatic nitrogens is 1. The van der Waals surface area contributed by atoms with Crippen molar-refractivity contribution in [2.45, 2.75) is 65.2 Å². The monoisotopic (exact) mass is 366 g/mol. The lowest BCUT2D eigenvalue weighted by molar-refractivity contribution is 0.0696. The second-order valence-electron chi connectivity index (χ2n) is 8.91. The van der Waals surface area contributed by atoms with Crippen molar-refractivity contribution in [1.29, 1.82) is 0 Å². The van der Waals surface area contributed by atoms with E-state index in [1.165, 1.54) is 35.7 Å². The van der Waals surface area contributed by atoms with E-state index in [-0.39, 0.29) is 16.4 Å². The van der Waals surface area contributed by atoms with E-state index < -0.39 is 5.97 Å². The molecule has 144 valence electrons. The van der Waals surface area contributed by atoms with Gasteiger partial charge in [0.15, 0.2) is 0 Å². The van der Waals surface area contributed by atoms with E-state index in [1.807, 2.05) is 0 Å². The highest BCUT2D eigenvalue weighted by Gasteiger charge is 2.37. The summed E-state index contributed by atoms with van der Waals surface area (Å²) in [6, 6.07) is 8.09. The Bertz CT molecular complexity index is 867. The van der Waals surface area contributed by atoms with Crippen LogP contribution in [0.15, 0.2) is 30.5 Å². The molecule has 0 atom stereocenters. The van der Waals surface area contributed by atoms with E-state index in [2.05, 4.69) is 63.6 Å². The molecule has 1 aromatic carbocycles. The van der Waals surface area contributed by atoms with Gasteiger partial charge in [-0.3, -0.25) is 0 Å².